The first-order chi connectivity index (χ1) is 26.6. The first-order valence-electron chi connectivity index (χ1n) is 21.9. The summed E-state index contributed by atoms with van der Waals surface area (Å²) in [5, 5.41) is 17.9. The Morgan fingerprint density at radius 1 is 0.370 bits per heavy atom. The van der Waals surface area contributed by atoms with Crippen molar-refractivity contribution in [2.45, 2.75) is 163 Å². The van der Waals surface area contributed by atoms with Crippen LogP contribution >= 0.6 is 0 Å². The van der Waals surface area contributed by atoms with Crippen LogP contribution in [0.4, 0.5) is 0 Å². The molecule has 0 saturated heterocycles. The molecular formula is C48H72O6. The summed E-state index contributed by atoms with van der Waals surface area (Å²) in [5.41, 5.74) is 0. The van der Waals surface area contributed by atoms with Gasteiger partial charge in [0, 0.05) is 5.39 Å². The van der Waals surface area contributed by atoms with Crippen molar-refractivity contribution in [2.24, 2.45) is 0 Å². The molecule has 0 spiro atoms. The molecule has 0 bridgehead atoms. The van der Waals surface area contributed by atoms with E-state index in [-0.39, 0.29) is 5.75 Å². The van der Waals surface area contributed by atoms with Crippen molar-refractivity contribution >= 4 is 32.3 Å². The van der Waals surface area contributed by atoms with Crippen molar-refractivity contribution in [1.29, 1.82) is 0 Å². The van der Waals surface area contributed by atoms with Gasteiger partial charge in [0.1, 0.15) is 5.75 Å². The van der Waals surface area contributed by atoms with Gasteiger partial charge in [0.05, 0.1) is 33.0 Å². The van der Waals surface area contributed by atoms with E-state index in [1.54, 1.807) is 0 Å². The summed E-state index contributed by atoms with van der Waals surface area (Å²) in [6, 6.07) is 12.7. The maximum atomic E-state index is 11.9. The van der Waals surface area contributed by atoms with E-state index in [0.29, 0.717) is 44.5 Å². The average molecular weight is 745 g/mol. The summed E-state index contributed by atoms with van der Waals surface area (Å²) < 4.78 is 32.4. The second-order valence-corrected chi connectivity index (χ2v) is 15.1. The van der Waals surface area contributed by atoms with Gasteiger partial charge in [-0.25, -0.2) is 0 Å². The van der Waals surface area contributed by atoms with Crippen molar-refractivity contribution in [1.82, 2.24) is 0 Å². The normalized spacial score (nSPS) is 11.5. The van der Waals surface area contributed by atoms with Gasteiger partial charge in [0.15, 0.2) is 23.0 Å². The zero-order valence-electron chi connectivity index (χ0n) is 34.6. The first-order valence-corrected chi connectivity index (χ1v) is 21.9. The monoisotopic (exact) mass is 745 g/mol. The summed E-state index contributed by atoms with van der Waals surface area (Å²) >= 11 is 0. The molecule has 4 aromatic rings. The van der Waals surface area contributed by atoms with Gasteiger partial charge in [0.25, 0.3) is 0 Å². The Balaban J connectivity index is 1.92. The summed E-state index contributed by atoms with van der Waals surface area (Å²) in [6.07, 6.45) is 22.4. The minimum atomic E-state index is 0.0739. The highest BCUT2D eigenvalue weighted by Crippen LogP contribution is 2.50. The van der Waals surface area contributed by atoms with Crippen LogP contribution in [0.1, 0.15) is 163 Å². The lowest BCUT2D eigenvalue weighted by Crippen LogP contribution is -2.04. The number of phenolic OH excluding ortho intramolecular Hbond substituents is 1. The van der Waals surface area contributed by atoms with Gasteiger partial charge < -0.3 is 28.8 Å². The highest BCUT2D eigenvalue weighted by atomic mass is 16.5. The number of benzene rings is 4. The Labute approximate surface area is 327 Å². The Morgan fingerprint density at radius 3 is 1.24 bits per heavy atom. The molecular weight excluding hydrogens is 673 g/mol. The Morgan fingerprint density at radius 2 is 0.759 bits per heavy atom. The van der Waals surface area contributed by atoms with E-state index in [0.717, 1.165) is 127 Å². The molecule has 0 aliphatic heterocycles. The molecule has 300 valence electrons. The summed E-state index contributed by atoms with van der Waals surface area (Å²) in [6.45, 7) is 14.2. The highest BCUT2D eigenvalue weighted by molar-refractivity contribution is 6.28. The lowest BCUT2D eigenvalue weighted by atomic mass is 9.92. The molecule has 4 aromatic carbocycles. The third-order valence-electron chi connectivity index (χ3n) is 10.4. The summed E-state index contributed by atoms with van der Waals surface area (Å²) in [5.74, 6) is 3.41. The number of aromatic hydroxyl groups is 1. The van der Waals surface area contributed by atoms with Gasteiger partial charge in [-0.05, 0) is 95.4 Å². The molecule has 4 rings (SSSR count). The van der Waals surface area contributed by atoms with E-state index < -0.39 is 0 Å². The first kappa shape index (κ1) is 43.2. The van der Waals surface area contributed by atoms with Gasteiger partial charge in [-0.2, -0.15) is 0 Å². The van der Waals surface area contributed by atoms with Crippen LogP contribution in [0.2, 0.25) is 0 Å². The van der Waals surface area contributed by atoms with Crippen LogP contribution in [0, 0.1) is 0 Å². The molecule has 0 saturated carbocycles. The fraction of sp³-hybridized carbons (Fsp3) is 0.625. The summed E-state index contributed by atoms with van der Waals surface area (Å²) in [7, 11) is 0. The number of unbranched alkanes of at least 4 members (excludes halogenated alkanes) is 15. The molecule has 1 N–H and O–H groups in total. The number of ether oxygens (including phenoxy) is 5. The minimum Gasteiger partial charge on any atom is -0.502 e. The zero-order valence-corrected chi connectivity index (χ0v) is 34.6. The van der Waals surface area contributed by atoms with Crippen molar-refractivity contribution in [3.63, 3.8) is 0 Å². The predicted molar refractivity (Wildman–Crippen MR) is 229 cm³/mol. The fourth-order valence-corrected chi connectivity index (χ4v) is 7.19. The summed E-state index contributed by atoms with van der Waals surface area (Å²) in [4.78, 5) is 0. The fourth-order valence-electron chi connectivity index (χ4n) is 7.19. The van der Waals surface area contributed by atoms with Crippen LogP contribution in [0.25, 0.3) is 32.3 Å². The molecule has 0 amide bonds. The molecule has 0 unspecified atom stereocenters. The van der Waals surface area contributed by atoms with E-state index in [9.17, 15) is 5.11 Å². The second kappa shape index (κ2) is 24.8. The maximum absolute atomic E-state index is 11.9. The number of phenols is 1. The van der Waals surface area contributed by atoms with Crippen molar-refractivity contribution in [2.75, 3.05) is 33.0 Å². The van der Waals surface area contributed by atoms with Crippen LogP contribution in [0.3, 0.4) is 0 Å². The van der Waals surface area contributed by atoms with E-state index in [1.165, 1.54) is 51.4 Å². The molecule has 0 aromatic heterocycles. The Kier molecular flexibility index (Phi) is 19.8. The molecule has 0 heterocycles. The van der Waals surface area contributed by atoms with Crippen LogP contribution in [0.5, 0.6) is 34.5 Å². The Hall–Kier alpha value is -3.54. The van der Waals surface area contributed by atoms with Crippen LogP contribution < -0.4 is 23.7 Å². The average Bonchev–Trinajstić information content (AvgIpc) is 3.18. The molecule has 54 heavy (non-hydrogen) atoms. The number of hydrogen-bond acceptors (Lipinski definition) is 6. The molecule has 0 atom stereocenters. The van der Waals surface area contributed by atoms with Gasteiger partial charge in [0.2, 0.25) is 5.75 Å². The highest BCUT2D eigenvalue weighted by Gasteiger charge is 2.23. The van der Waals surface area contributed by atoms with Gasteiger partial charge in [-0.1, -0.05) is 131 Å². The van der Waals surface area contributed by atoms with Crippen LogP contribution in [-0.4, -0.2) is 38.1 Å². The molecule has 0 aliphatic carbocycles. The zero-order chi connectivity index (χ0) is 38.4. The molecule has 6 nitrogen and oxygen atoms in total. The standard InChI is InChI=1S/C48H72O6/c1-6-11-16-21-28-50-37-26-27-38-39(33-37)40-34-43(51-29-22-17-12-7-2)44(52-30-23-18-13-8-3)35-41(40)42-36-45(53-31-24-19-14-9-4)47(49)48(46(38)42)54-32-25-20-15-10-5/h26-27,33-36,49H,6-25,28-32H2,1-5H3. The van der Waals surface area contributed by atoms with Crippen molar-refractivity contribution < 1.29 is 28.8 Å². The van der Waals surface area contributed by atoms with Crippen LogP contribution in [-0.2, 0) is 0 Å². The van der Waals surface area contributed by atoms with Gasteiger partial charge >= 0.3 is 0 Å². The van der Waals surface area contributed by atoms with Crippen LogP contribution in [0.15, 0.2) is 36.4 Å². The smallest absolute Gasteiger partial charge is 0.201 e. The van der Waals surface area contributed by atoms with E-state index in [1.807, 2.05) is 6.07 Å². The third-order valence-corrected chi connectivity index (χ3v) is 10.4. The minimum absolute atomic E-state index is 0.0739. The number of hydrogen-bond donors (Lipinski definition) is 1. The van der Waals surface area contributed by atoms with E-state index in [4.69, 9.17) is 23.7 Å². The maximum Gasteiger partial charge on any atom is 0.201 e. The molecule has 0 fully saturated rings. The van der Waals surface area contributed by atoms with E-state index >= 15 is 0 Å². The van der Waals surface area contributed by atoms with Crippen molar-refractivity contribution in [3.05, 3.63) is 36.4 Å². The number of rotatable bonds is 30. The second-order valence-electron chi connectivity index (χ2n) is 15.1. The van der Waals surface area contributed by atoms with Gasteiger partial charge in [-0.3, -0.25) is 0 Å². The molecule has 0 aliphatic rings. The van der Waals surface area contributed by atoms with Gasteiger partial charge in [-0.15, -0.1) is 0 Å². The Bertz CT molecular complexity index is 1660. The lowest BCUT2D eigenvalue weighted by Gasteiger charge is -2.21. The largest absolute Gasteiger partial charge is 0.502 e. The SMILES string of the molecule is CCCCCCOc1ccc2c(c1)c1cc(OCCCCCC)c(OCCCCCC)cc1c1cc(OCCCCCC)c(O)c(OCCCCCC)c21. The molecule has 6 heteroatoms. The molecule has 0 radical (unpaired) electrons. The third kappa shape index (κ3) is 12.8. The van der Waals surface area contributed by atoms with E-state index in [2.05, 4.69) is 65.0 Å². The topological polar surface area (TPSA) is 66.4 Å². The predicted octanol–water partition coefficient (Wildman–Crippen LogP) is 14.6. The lowest BCUT2D eigenvalue weighted by molar-refractivity contribution is 0.259. The number of fused-ring (bicyclic) bond motifs is 6. The van der Waals surface area contributed by atoms with Crippen molar-refractivity contribution in [3.8, 4) is 34.5 Å². The quantitative estimate of drug-likeness (QED) is 0.0424.